The summed E-state index contributed by atoms with van der Waals surface area (Å²) in [6, 6.07) is 12.2. The van der Waals surface area contributed by atoms with Crippen molar-refractivity contribution in [2.75, 3.05) is 44.9 Å². The third-order valence-corrected chi connectivity index (χ3v) is 7.00. The predicted octanol–water partition coefficient (Wildman–Crippen LogP) is 5.42. The van der Waals surface area contributed by atoms with Gasteiger partial charge < -0.3 is 9.64 Å². The van der Waals surface area contributed by atoms with Crippen molar-refractivity contribution in [1.82, 2.24) is 9.88 Å². The van der Waals surface area contributed by atoms with Gasteiger partial charge in [-0.1, -0.05) is 17.4 Å². The molecule has 0 radical (unpaired) electrons. The molecule has 8 heteroatoms. The van der Waals surface area contributed by atoms with Gasteiger partial charge in [-0.05, 0) is 69.4 Å². The van der Waals surface area contributed by atoms with Gasteiger partial charge in [0.25, 0.3) is 0 Å². The van der Waals surface area contributed by atoms with Gasteiger partial charge in [0, 0.05) is 30.2 Å². The number of anilines is 1. The lowest BCUT2D eigenvalue weighted by Gasteiger charge is -2.22. The van der Waals surface area contributed by atoms with Gasteiger partial charge >= 0.3 is 0 Å². The molecule has 168 valence electrons. The zero-order chi connectivity index (χ0) is 21.7. The van der Waals surface area contributed by atoms with E-state index in [1.165, 1.54) is 11.1 Å². The Bertz CT molecular complexity index is 1010. The summed E-state index contributed by atoms with van der Waals surface area (Å²) in [6.07, 6.45) is 0.470. The molecule has 3 rings (SSSR count). The van der Waals surface area contributed by atoms with Crippen LogP contribution in [-0.2, 0) is 4.79 Å². The Morgan fingerprint density at radius 1 is 1.13 bits per heavy atom. The lowest BCUT2D eigenvalue weighted by molar-refractivity contribution is -0.118. The quantitative estimate of drug-likeness (QED) is 0.383. The van der Waals surface area contributed by atoms with Crippen LogP contribution in [0.2, 0.25) is 0 Å². The monoisotopic (exact) mass is 479 g/mol. The van der Waals surface area contributed by atoms with Gasteiger partial charge in [0.05, 0.1) is 17.3 Å². The first-order chi connectivity index (χ1) is 14.4. The molecule has 0 fully saturated rings. The first kappa shape index (κ1) is 25.5. The van der Waals surface area contributed by atoms with Gasteiger partial charge in [0.15, 0.2) is 5.13 Å². The average molecular weight is 480 g/mol. The minimum atomic E-state index is 0. The van der Waals surface area contributed by atoms with E-state index in [4.69, 9.17) is 9.72 Å². The molecule has 5 nitrogen and oxygen atoms in total. The highest BCUT2D eigenvalue weighted by atomic mass is 35.5. The van der Waals surface area contributed by atoms with Crippen LogP contribution in [0.4, 0.5) is 5.13 Å². The fraction of sp³-hybridized carbons (Fsp3) is 0.391. The van der Waals surface area contributed by atoms with Gasteiger partial charge in [-0.2, -0.15) is 0 Å². The number of nitrogens with zero attached hydrogens (tertiary/aromatic N) is 3. The van der Waals surface area contributed by atoms with Crippen molar-refractivity contribution in [3.8, 4) is 5.75 Å². The number of ether oxygens (including phenoxy) is 1. The highest BCUT2D eigenvalue weighted by Gasteiger charge is 2.20. The minimum absolute atomic E-state index is 0. The Morgan fingerprint density at radius 2 is 1.84 bits per heavy atom. The lowest BCUT2D eigenvalue weighted by atomic mass is 10.1. The molecule has 0 aliphatic heterocycles. The number of benzene rings is 2. The number of hydrogen-bond acceptors (Lipinski definition) is 6. The topological polar surface area (TPSA) is 45.7 Å². The third-order valence-electron chi connectivity index (χ3n) is 4.76. The maximum absolute atomic E-state index is 13.1. The molecule has 2 aromatic carbocycles. The SMILES string of the molecule is COc1ccc(SCCC(=O)N(CCN(C)C)c2nc3cc(C)cc(C)c3s2)cc1.Cl. The number of amides is 1. The number of thioether (sulfide) groups is 1. The summed E-state index contributed by atoms with van der Waals surface area (Å²) in [6.45, 7) is 5.62. The van der Waals surface area contributed by atoms with Gasteiger partial charge in [-0.15, -0.1) is 24.2 Å². The fourth-order valence-corrected chi connectivity index (χ4v) is 5.07. The van der Waals surface area contributed by atoms with Crippen molar-refractivity contribution in [3.63, 3.8) is 0 Å². The number of halogens is 1. The average Bonchev–Trinajstić information content (AvgIpc) is 3.12. The summed E-state index contributed by atoms with van der Waals surface area (Å²) in [5.41, 5.74) is 3.38. The maximum Gasteiger partial charge on any atom is 0.229 e. The van der Waals surface area contributed by atoms with Crippen LogP contribution in [0.25, 0.3) is 10.2 Å². The number of carbonyl (C=O) groups is 1. The minimum Gasteiger partial charge on any atom is -0.497 e. The Kier molecular flexibility index (Phi) is 9.62. The van der Waals surface area contributed by atoms with E-state index in [0.29, 0.717) is 13.0 Å². The standard InChI is InChI=1S/C23H29N3O2S2.ClH/c1-16-14-17(2)22-20(15-16)24-23(30-22)26(12-11-25(3)4)21(27)10-13-29-19-8-6-18(28-5)7-9-19;/h6-9,14-15H,10-13H2,1-5H3;1H. The summed E-state index contributed by atoms with van der Waals surface area (Å²) >= 11 is 3.29. The molecule has 0 atom stereocenters. The van der Waals surface area contributed by atoms with Crippen LogP contribution in [0.5, 0.6) is 5.75 Å². The number of hydrogen-bond donors (Lipinski definition) is 0. The first-order valence-electron chi connectivity index (χ1n) is 9.97. The molecule has 0 bridgehead atoms. The van der Waals surface area contributed by atoms with Crippen molar-refractivity contribution in [1.29, 1.82) is 0 Å². The summed E-state index contributed by atoms with van der Waals surface area (Å²) < 4.78 is 6.36. The van der Waals surface area contributed by atoms with E-state index in [9.17, 15) is 4.79 Å². The van der Waals surface area contributed by atoms with Crippen molar-refractivity contribution < 1.29 is 9.53 Å². The molecule has 0 aliphatic rings. The van der Waals surface area contributed by atoms with Crippen molar-refractivity contribution >= 4 is 56.8 Å². The molecule has 31 heavy (non-hydrogen) atoms. The van der Waals surface area contributed by atoms with E-state index in [1.807, 2.05) is 43.3 Å². The highest BCUT2D eigenvalue weighted by Crippen LogP contribution is 2.32. The number of likely N-dealkylation sites (N-methyl/N-ethyl adjacent to an activating group) is 1. The smallest absolute Gasteiger partial charge is 0.229 e. The Hall–Kier alpha value is -1.80. The van der Waals surface area contributed by atoms with Crippen LogP contribution in [0, 0.1) is 13.8 Å². The summed E-state index contributed by atoms with van der Waals surface area (Å²) in [5.74, 6) is 1.69. The largest absolute Gasteiger partial charge is 0.497 e. The molecule has 0 saturated heterocycles. The van der Waals surface area contributed by atoms with Gasteiger partial charge in [0.1, 0.15) is 5.75 Å². The van der Waals surface area contributed by atoms with Crippen molar-refractivity contribution in [2.45, 2.75) is 25.2 Å². The van der Waals surface area contributed by atoms with Gasteiger partial charge in [0.2, 0.25) is 5.91 Å². The summed E-state index contributed by atoms with van der Waals surface area (Å²) in [7, 11) is 5.70. The molecule has 0 spiro atoms. The van der Waals surface area contributed by atoms with E-state index in [-0.39, 0.29) is 18.3 Å². The van der Waals surface area contributed by atoms with Gasteiger partial charge in [-0.3, -0.25) is 9.69 Å². The number of rotatable bonds is 9. The van der Waals surface area contributed by atoms with E-state index >= 15 is 0 Å². The van der Waals surface area contributed by atoms with Gasteiger partial charge in [-0.25, -0.2) is 4.98 Å². The Morgan fingerprint density at radius 3 is 2.48 bits per heavy atom. The van der Waals surface area contributed by atoms with E-state index in [0.717, 1.165) is 38.3 Å². The van der Waals surface area contributed by atoms with Crippen LogP contribution in [0.15, 0.2) is 41.3 Å². The van der Waals surface area contributed by atoms with Crippen LogP contribution in [0.1, 0.15) is 17.5 Å². The number of carbonyl (C=O) groups excluding carboxylic acids is 1. The number of aromatic nitrogens is 1. The van der Waals surface area contributed by atoms with E-state index in [2.05, 4.69) is 30.9 Å². The predicted molar refractivity (Wildman–Crippen MR) is 136 cm³/mol. The number of aryl methyl sites for hydroxylation is 2. The number of fused-ring (bicyclic) bond motifs is 1. The molecule has 1 aromatic heterocycles. The fourth-order valence-electron chi connectivity index (χ4n) is 3.17. The second-order valence-electron chi connectivity index (χ2n) is 7.55. The van der Waals surface area contributed by atoms with Crippen LogP contribution >= 0.6 is 35.5 Å². The highest BCUT2D eigenvalue weighted by molar-refractivity contribution is 7.99. The summed E-state index contributed by atoms with van der Waals surface area (Å²) in [4.78, 5) is 23.0. The van der Waals surface area contributed by atoms with E-state index in [1.54, 1.807) is 30.2 Å². The molecule has 3 aromatic rings. The molecule has 0 saturated carbocycles. The first-order valence-corrected chi connectivity index (χ1v) is 11.8. The molecule has 0 unspecified atom stereocenters. The normalized spacial score (nSPS) is 10.9. The van der Waals surface area contributed by atoms with Crippen LogP contribution in [-0.4, -0.2) is 55.8 Å². The number of thiazole rings is 1. The third kappa shape index (κ3) is 6.84. The Balaban J connectivity index is 0.00000341. The lowest BCUT2D eigenvalue weighted by Crippen LogP contribution is -2.36. The second kappa shape index (κ2) is 11.7. The zero-order valence-corrected chi connectivity index (χ0v) is 21.1. The molecule has 1 amide bonds. The maximum atomic E-state index is 13.1. The van der Waals surface area contributed by atoms with Crippen molar-refractivity contribution in [2.24, 2.45) is 0 Å². The second-order valence-corrected chi connectivity index (χ2v) is 9.70. The zero-order valence-electron chi connectivity index (χ0n) is 18.7. The van der Waals surface area contributed by atoms with Crippen LogP contribution < -0.4 is 9.64 Å². The molecular weight excluding hydrogens is 450 g/mol. The molecule has 0 aliphatic carbocycles. The summed E-state index contributed by atoms with van der Waals surface area (Å²) in [5, 5.41) is 0.792. The van der Waals surface area contributed by atoms with Crippen molar-refractivity contribution in [3.05, 3.63) is 47.5 Å². The Labute approximate surface area is 199 Å². The molecule has 1 heterocycles. The molecular formula is C23H30ClN3O2S2. The number of methoxy groups -OCH3 is 1. The molecule has 0 N–H and O–H groups in total. The van der Waals surface area contributed by atoms with E-state index < -0.39 is 0 Å². The van der Waals surface area contributed by atoms with Crippen LogP contribution in [0.3, 0.4) is 0 Å².